The highest BCUT2D eigenvalue weighted by molar-refractivity contribution is 6.30. The lowest BCUT2D eigenvalue weighted by molar-refractivity contribution is -0.132. The molecule has 39 heavy (non-hydrogen) atoms. The van der Waals surface area contributed by atoms with Gasteiger partial charge in [0.15, 0.2) is 0 Å². The minimum atomic E-state index is -0.0542. The van der Waals surface area contributed by atoms with Gasteiger partial charge in [-0.2, -0.15) is 0 Å². The van der Waals surface area contributed by atoms with Crippen molar-refractivity contribution in [1.82, 2.24) is 9.80 Å². The molecule has 6 nitrogen and oxygen atoms in total. The smallest absolute Gasteiger partial charge is 0.252 e. The van der Waals surface area contributed by atoms with Gasteiger partial charge >= 0.3 is 0 Å². The van der Waals surface area contributed by atoms with Gasteiger partial charge in [-0.1, -0.05) is 74.0 Å². The quantitative estimate of drug-likeness (QED) is 0.403. The Labute approximate surface area is 239 Å². The molecule has 1 saturated carbocycles. The molecule has 0 spiro atoms. The molecule has 0 atom stereocenters. The highest BCUT2D eigenvalue weighted by atomic mass is 35.5. The third-order valence-corrected chi connectivity index (χ3v) is 8.39. The van der Waals surface area contributed by atoms with Gasteiger partial charge in [0.05, 0.1) is 0 Å². The fraction of sp³-hybridized carbons (Fsp3) is 0.562. The molecule has 1 fully saturated rings. The third kappa shape index (κ3) is 9.06. The molecule has 1 aliphatic heterocycles. The second kappa shape index (κ2) is 15.4. The predicted molar refractivity (Wildman–Crippen MR) is 158 cm³/mol. The number of halogens is 1. The first-order chi connectivity index (χ1) is 19.0. The van der Waals surface area contributed by atoms with E-state index in [1.54, 1.807) is 7.11 Å². The number of nitrogens with zero attached hydrogens (tertiary/aromatic N) is 3. The van der Waals surface area contributed by atoms with E-state index in [-0.39, 0.29) is 18.4 Å². The Hall–Kier alpha value is -2.41. The number of hydrogen-bond acceptors (Lipinski definition) is 4. The molecule has 2 aromatic rings. The van der Waals surface area contributed by atoms with Crippen molar-refractivity contribution in [3.63, 3.8) is 0 Å². The summed E-state index contributed by atoms with van der Waals surface area (Å²) in [6.07, 6.45) is 9.79. The summed E-state index contributed by atoms with van der Waals surface area (Å²) >= 11 is 6.11. The third-order valence-electron chi connectivity index (χ3n) is 8.13. The summed E-state index contributed by atoms with van der Waals surface area (Å²) in [7, 11) is 1.56. The van der Waals surface area contributed by atoms with Crippen LogP contribution in [0.3, 0.4) is 0 Å². The number of hydrogen-bond donors (Lipinski definition) is 0. The standard InChI is InChI=1S/C32H44ClN3O3/c1-39-25-32(38)36-22-8-20-34(23-27-13-16-29(33)17-14-27)19-7-21-35(24-28-11-5-6-12-30(28)36)31(37)18-15-26-9-3-2-4-10-26/h5-6,11-14,16-17,26H,2-4,7-10,15,18-25H2,1H3. The molecule has 0 saturated heterocycles. The van der Waals surface area contributed by atoms with Crippen molar-refractivity contribution < 1.29 is 14.3 Å². The molecule has 1 aliphatic carbocycles. The van der Waals surface area contributed by atoms with E-state index in [1.807, 2.05) is 40.1 Å². The fourth-order valence-electron chi connectivity index (χ4n) is 6.00. The minimum absolute atomic E-state index is 0.0346. The summed E-state index contributed by atoms with van der Waals surface area (Å²) in [5.74, 6) is 0.854. The van der Waals surface area contributed by atoms with Gasteiger partial charge in [0.1, 0.15) is 6.61 Å². The number of carbonyl (C=O) groups excluding carboxylic acids is 2. The average Bonchev–Trinajstić information content (AvgIpc) is 2.95. The van der Waals surface area contributed by atoms with E-state index >= 15 is 0 Å². The van der Waals surface area contributed by atoms with Gasteiger partial charge in [0, 0.05) is 63.5 Å². The molecule has 0 unspecified atom stereocenters. The van der Waals surface area contributed by atoms with Crippen LogP contribution in [0.1, 0.15) is 68.9 Å². The zero-order valence-electron chi connectivity index (χ0n) is 23.5. The molecule has 2 aromatic carbocycles. The van der Waals surface area contributed by atoms with Crippen LogP contribution in [-0.4, -0.2) is 61.5 Å². The van der Waals surface area contributed by atoms with E-state index in [2.05, 4.69) is 23.1 Å². The highest BCUT2D eigenvalue weighted by Gasteiger charge is 2.24. The van der Waals surface area contributed by atoms with Crippen LogP contribution >= 0.6 is 11.6 Å². The van der Waals surface area contributed by atoms with Crippen LogP contribution in [0, 0.1) is 5.92 Å². The largest absolute Gasteiger partial charge is 0.375 e. The molecule has 0 radical (unpaired) electrons. The number of methoxy groups -OCH3 is 1. The lowest BCUT2D eigenvalue weighted by Gasteiger charge is -2.32. The van der Waals surface area contributed by atoms with Gasteiger partial charge in [-0.3, -0.25) is 14.5 Å². The normalized spacial score (nSPS) is 18.2. The van der Waals surface area contributed by atoms with Crippen molar-refractivity contribution in [3.8, 4) is 0 Å². The number of fused-ring (bicyclic) bond motifs is 1. The van der Waals surface area contributed by atoms with Crippen molar-refractivity contribution >= 4 is 29.1 Å². The maximum atomic E-state index is 13.6. The number of rotatable bonds is 7. The summed E-state index contributed by atoms with van der Waals surface area (Å²) in [5, 5.41) is 0.737. The molecule has 2 amide bonds. The van der Waals surface area contributed by atoms with Crippen LogP contribution < -0.4 is 4.90 Å². The Kier molecular flexibility index (Phi) is 11.7. The second-order valence-electron chi connectivity index (χ2n) is 11.1. The zero-order valence-corrected chi connectivity index (χ0v) is 24.2. The van der Waals surface area contributed by atoms with Crippen LogP contribution in [-0.2, 0) is 27.4 Å². The van der Waals surface area contributed by atoms with Crippen LogP contribution in [0.15, 0.2) is 48.5 Å². The van der Waals surface area contributed by atoms with Crippen molar-refractivity contribution in [3.05, 3.63) is 64.7 Å². The molecule has 0 N–H and O–H groups in total. The van der Waals surface area contributed by atoms with E-state index in [0.717, 1.165) is 55.2 Å². The molecule has 0 aromatic heterocycles. The Morgan fingerprint density at radius 3 is 2.33 bits per heavy atom. The van der Waals surface area contributed by atoms with Gasteiger partial charge in [0.25, 0.3) is 5.91 Å². The molecular formula is C32H44ClN3O3. The summed E-state index contributed by atoms with van der Waals surface area (Å²) in [5.41, 5.74) is 3.12. The monoisotopic (exact) mass is 553 g/mol. The van der Waals surface area contributed by atoms with Gasteiger partial charge in [0.2, 0.25) is 5.91 Å². The number of amides is 2. The minimum Gasteiger partial charge on any atom is -0.375 e. The zero-order chi connectivity index (χ0) is 27.5. The molecule has 212 valence electrons. The summed E-state index contributed by atoms with van der Waals surface area (Å²) < 4.78 is 5.23. The predicted octanol–water partition coefficient (Wildman–Crippen LogP) is 6.30. The molecule has 0 bridgehead atoms. The topological polar surface area (TPSA) is 53.1 Å². The second-order valence-corrected chi connectivity index (χ2v) is 11.5. The number of benzene rings is 2. The van der Waals surface area contributed by atoms with Crippen molar-refractivity contribution in [2.24, 2.45) is 5.92 Å². The first kappa shape index (κ1) is 29.6. The van der Waals surface area contributed by atoms with Crippen LogP contribution in [0.5, 0.6) is 0 Å². The Morgan fingerprint density at radius 2 is 1.59 bits per heavy atom. The first-order valence-corrected chi connectivity index (χ1v) is 15.0. The van der Waals surface area contributed by atoms with Gasteiger partial charge in [-0.05, 0) is 54.5 Å². The number of ether oxygens (including phenoxy) is 1. The van der Waals surface area contributed by atoms with Crippen LogP contribution in [0.4, 0.5) is 5.69 Å². The van der Waals surface area contributed by atoms with E-state index in [0.29, 0.717) is 32.0 Å². The lowest BCUT2D eigenvalue weighted by atomic mass is 9.86. The molecular weight excluding hydrogens is 510 g/mol. The van der Waals surface area contributed by atoms with E-state index in [1.165, 1.54) is 37.7 Å². The Morgan fingerprint density at radius 1 is 0.872 bits per heavy atom. The fourth-order valence-corrected chi connectivity index (χ4v) is 6.13. The molecule has 2 aliphatic rings. The van der Waals surface area contributed by atoms with E-state index < -0.39 is 0 Å². The number of carbonyl (C=O) groups is 2. The summed E-state index contributed by atoms with van der Waals surface area (Å²) in [4.78, 5) is 33.1. The van der Waals surface area contributed by atoms with E-state index in [9.17, 15) is 9.59 Å². The molecule has 4 rings (SSSR count). The summed E-state index contributed by atoms with van der Waals surface area (Å²) in [6, 6.07) is 16.0. The van der Waals surface area contributed by atoms with Crippen LogP contribution in [0.25, 0.3) is 0 Å². The average molecular weight is 554 g/mol. The first-order valence-electron chi connectivity index (χ1n) is 14.7. The maximum Gasteiger partial charge on any atom is 0.252 e. The lowest BCUT2D eigenvalue weighted by Crippen LogP contribution is -2.40. The van der Waals surface area contributed by atoms with Gasteiger partial charge < -0.3 is 14.5 Å². The molecule has 7 heteroatoms. The van der Waals surface area contributed by atoms with Crippen molar-refractivity contribution in [1.29, 1.82) is 0 Å². The van der Waals surface area contributed by atoms with Crippen LogP contribution in [0.2, 0.25) is 5.02 Å². The van der Waals surface area contributed by atoms with Crippen molar-refractivity contribution in [2.45, 2.75) is 70.9 Å². The summed E-state index contributed by atoms with van der Waals surface area (Å²) in [6.45, 7) is 4.43. The Balaban J connectivity index is 1.54. The number of anilines is 1. The number of para-hydroxylation sites is 1. The Bertz CT molecular complexity index is 1050. The van der Waals surface area contributed by atoms with E-state index in [4.69, 9.17) is 16.3 Å². The molecule has 1 heterocycles. The SMILES string of the molecule is COCC(=O)N1CCCN(Cc2ccc(Cl)cc2)CCCN(C(=O)CCC2CCCCC2)Cc2ccccc21. The highest BCUT2D eigenvalue weighted by Crippen LogP contribution is 2.28. The maximum absolute atomic E-state index is 13.6. The van der Waals surface area contributed by atoms with Gasteiger partial charge in [-0.15, -0.1) is 0 Å². The van der Waals surface area contributed by atoms with Crippen molar-refractivity contribution in [2.75, 3.05) is 44.8 Å². The van der Waals surface area contributed by atoms with Gasteiger partial charge in [-0.25, -0.2) is 0 Å².